The number of rotatable bonds is 8. The van der Waals surface area contributed by atoms with Crippen molar-refractivity contribution in [3.8, 4) is 5.75 Å². The Hall–Kier alpha value is -2.78. The van der Waals surface area contributed by atoms with Crippen LogP contribution in [0.15, 0.2) is 109 Å². The second kappa shape index (κ2) is 11.3. The van der Waals surface area contributed by atoms with E-state index in [2.05, 4.69) is 102 Å². The average molecular weight is 502 g/mol. The minimum absolute atomic E-state index is 0.241. The summed E-state index contributed by atoms with van der Waals surface area (Å²) >= 11 is 0. The highest BCUT2D eigenvalue weighted by Crippen LogP contribution is 2.37. The molecular weight excluding hydrogens is 469 g/mol. The van der Waals surface area contributed by atoms with Gasteiger partial charge >= 0.3 is 0 Å². The van der Waals surface area contributed by atoms with E-state index in [1.54, 1.807) is 7.11 Å². The number of nitrogens with one attached hydrogen (secondary N) is 1. The second-order valence-corrected chi connectivity index (χ2v) is 13.5. The monoisotopic (exact) mass is 501 g/mol. The first-order valence-corrected chi connectivity index (χ1v) is 14.2. The normalized spacial score (nSPS) is 13.4. The van der Waals surface area contributed by atoms with E-state index in [0.717, 1.165) is 16.9 Å². The zero-order valence-corrected chi connectivity index (χ0v) is 22.4. The van der Waals surface area contributed by atoms with Crippen LogP contribution in [0.2, 0.25) is 0 Å². The van der Waals surface area contributed by atoms with Crippen molar-refractivity contribution in [2.24, 2.45) is 0 Å². The maximum Gasteiger partial charge on any atom is 0.118 e. The van der Waals surface area contributed by atoms with Gasteiger partial charge in [-0.1, -0.05) is 97.1 Å². The van der Waals surface area contributed by atoms with Crippen molar-refractivity contribution < 1.29 is 8.95 Å². The number of ether oxygens (including phenoxy) is 1. The lowest BCUT2D eigenvalue weighted by Crippen LogP contribution is -2.38. The Kier molecular flexibility index (Phi) is 8.18. The fourth-order valence-corrected chi connectivity index (χ4v) is 7.23. The smallest absolute Gasteiger partial charge is 0.118 e. The Morgan fingerprint density at radius 3 is 1.77 bits per heavy atom. The molecule has 0 aliphatic carbocycles. The molecule has 4 aromatic rings. The molecule has 1 N–H and O–H groups in total. The van der Waals surface area contributed by atoms with Gasteiger partial charge in [0.2, 0.25) is 0 Å². The van der Waals surface area contributed by atoms with Gasteiger partial charge in [-0.05, 0) is 67.9 Å². The van der Waals surface area contributed by atoms with Crippen LogP contribution in [0.5, 0.6) is 5.75 Å². The second-order valence-electron chi connectivity index (χ2n) is 9.27. The standard InChI is InChI=1S/C30H32NO2PS/c1-30(2,3)35(32)31-29(23-19-21-24(33-4)22-20-23)27-17-11-12-18-28(27)34(25-13-7-5-8-14-25)26-15-9-6-10-16-26/h5-22,29,31H,1-4H3/t29-,35+/m1/s1. The van der Waals surface area contributed by atoms with E-state index in [1.807, 2.05) is 32.9 Å². The van der Waals surface area contributed by atoms with Crippen molar-refractivity contribution in [2.75, 3.05) is 7.11 Å². The van der Waals surface area contributed by atoms with Crippen LogP contribution in [0.1, 0.15) is 37.9 Å². The van der Waals surface area contributed by atoms with Crippen LogP contribution in [-0.4, -0.2) is 16.1 Å². The Balaban J connectivity index is 1.89. The molecule has 0 spiro atoms. The van der Waals surface area contributed by atoms with E-state index < -0.39 is 23.7 Å². The van der Waals surface area contributed by atoms with Crippen LogP contribution in [0.25, 0.3) is 0 Å². The largest absolute Gasteiger partial charge is 0.497 e. The van der Waals surface area contributed by atoms with Crippen LogP contribution < -0.4 is 25.4 Å². The number of benzene rings is 4. The van der Waals surface area contributed by atoms with Crippen molar-refractivity contribution in [2.45, 2.75) is 31.6 Å². The summed E-state index contributed by atoms with van der Waals surface area (Å²) in [4.78, 5) is 0. The Bertz CT molecular complexity index is 1220. The van der Waals surface area contributed by atoms with Crippen LogP contribution >= 0.6 is 7.92 Å². The fourth-order valence-electron chi connectivity index (χ4n) is 3.91. The van der Waals surface area contributed by atoms with E-state index in [4.69, 9.17) is 4.74 Å². The van der Waals surface area contributed by atoms with Gasteiger partial charge in [-0.2, -0.15) is 0 Å². The molecule has 0 aliphatic heterocycles. The lowest BCUT2D eigenvalue weighted by atomic mass is 9.99. The third-order valence-corrected chi connectivity index (χ3v) is 9.83. The quantitative estimate of drug-likeness (QED) is 0.320. The third-order valence-electron chi connectivity index (χ3n) is 5.75. The van der Waals surface area contributed by atoms with Gasteiger partial charge in [0.15, 0.2) is 0 Å². The Morgan fingerprint density at radius 2 is 1.26 bits per heavy atom. The molecule has 4 aromatic carbocycles. The summed E-state index contributed by atoms with van der Waals surface area (Å²) in [7, 11) is -0.407. The summed E-state index contributed by atoms with van der Waals surface area (Å²) in [5.74, 6) is 0.800. The molecule has 0 fully saturated rings. The van der Waals surface area contributed by atoms with Crippen LogP contribution in [0.3, 0.4) is 0 Å². The van der Waals surface area contributed by atoms with E-state index in [9.17, 15) is 4.21 Å². The molecule has 3 nitrogen and oxygen atoms in total. The maximum absolute atomic E-state index is 13.3. The van der Waals surface area contributed by atoms with Crippen LogP contribution in [0, 0.1) is 0 Å². The molecule has 0 heterocycles. The highest BCUT2D eigenvalue weighted by molar-refractivity contribution is 7.84. The topological polar surface area (TPSA) is 38.3 Å². The van der Waals surface area contributed by atoms with Crippen LogP contribution in [-0.2, 0) is 11.0 Å². The van der Waals surface area contributed by atoms with E-state index in [-0.39, 0.29) is 6.04 Å². The molecule has 0 saturated heterocycles. The lowest BCUT2D eigenvalue weighted by Gasteiger charge is -2.29. The fraction of sp³-hybridized carbons (Fsp3) is 0.200. The number of methoxy groups -OCH3 is 1. The first-order chi connectivity index (χ1) is 16.9. The molecule has 5 heteroatoms. The minimum atomic E-state index is -1.26. The molecule has 0 bridgehead atoms. The predicted molar refractivity (Wildman–Crippen MR) is 151 cm³/mol. The molecule has 180 valence electrons. The highest BCUT2D eigenvalue weighted by atomic mass is 32.2. The highest BCUT2D eigenvalue weighted by Gasteiger charge is 2.28. The van der Waals surface area contributed by atoms with E-state index >= 15 is 0 Å². The van der Waals surface area contributed by atoms with Crippen molar-refractivity contribution in [1.29, 1.82) is 0 Å². The molecule has 0 unspecified atom stereocenters. The number of hydrogen-bond acceptors (Lipinski definition) is 2. The van der Waals surface area contributed by atoms with Crippen molar-refractivity contribution in [3.63, 3.8) is 0 Å². The predicted octanol–water partition coefficient (Wildman–Crippen LogP) is 5.59. The molecule has 0 saturated carbocycles. The van der Waals surface area contributed by atoms with Gasteiger partial charge in [-0.3, -0.25) is 0 Å². The van der Waals surface area contributed by atoms with Gasteiger partial charge in [-0.15, -0.1) is 0 Å². The molecule has 0 aliphatic rings. The van der Waals surface area contributed by atoms with Crippen molar-refractivity contribution >= 4 is 34.8 Å². The third kappa shape index (κ3) is 6.08. The first-order valence-electron chi connectivity index (χ1n) is 11.7. The van der Waals surface area contributed by atoms with Crippen molar-refractivity contribution in [1.82, 2.24) is 4.72 Å². The zero-order valence-electron chi connectivity index (χ0n) is 20.6. The van der Waals surface area contributed by atoms with Gasteiger partial charge in [-0.25, -0.2) is 8.93 Å². The molecule has 0 aromatic heterocycles. The summed E-state index contributed by atoms with van der Waals surface area (Å²) in [5, 5.41) is 3.82. The molecule has 35 heavy (non-hydrogen) atoms. The van der Waals surface area contributed by atoms with Crippen LogP contribution in [0.4, 0.5) is 0 Å². The summed E-state index contributed by atoms with van der Waals surface area (Å²) in [5.41, 5.74) is 2.18. The molecule has 4 rings (SSSR count). The van der Waals surface area contributed by atoms with E-state index in [1.165, 1.54) is 15.9 Å². The van der Waals surface area contributed by atoms with Crippen molar-refractivity contribution in [3.05, 3.63) is 120 Å². The molecule has 2 atom stereocenters. The van der Waals surface area contributed by atoms with Gasteiger partial charge in [0.05, 0.1) is 28.9 Å². The van der Waals surface area contributed by atoms with E-state index in [0.29, 0.717) is 0 Å². The van der Waals surface area contributed by atoms with Gasteiger partial charge in [0.25, 0.3) is 0 Å². The summed E-state index contributed by atoms with van der Waals surface area (Å²) in [6.07, 6.45) is 0. The van der Waals surface area contributed by atoms with Gasteiger partial charge in [0, 0.05) is 0 Å². The summed E-state index contributed by atoms with van der Waals surface area (Å²) in [6.45, 7) is 5.98. The average Bonchev–Trinajstić information content (AvgIpc) is 2.88. The summed E-state index contributed by atoms with van der Waals surface area (Å²) in [6, 6.07) is 37.7. The number of hydrogen-bond donors (Lipinski definition) is 1. The first kappa shape index (κ1) is 25.3. The Labute approximate surface area is 212 Å². The zero-order chi connectivity index (χ0) is 24.8. The minimum Gasteiger partial charge on any atom is -0.497 e. The molecular formula is C30H32NO2PS. The molecule has 0 amide bonds. The molecule has 0 radical (unpaired) electrons. The Morgan fingerprint density at radius 1 is 0.743 bits per heavy atom. The van der Waals surface area contributed by atoms with Gasteiger partial charge < -0.3 is 4.74 Å². The maximum atomic E-state index is 13.3. The lowest BCUT2D eigenvalue weighted by molar-refractivity contribution is 0.414. The van der Waals surface area contributed by atoms with Gasteiger partial charge in [0.1, 0.15) is 5.75 Å². The SMILES string of the molecule is COc1ccc([C@@H](N[S@@](=O)C(C)(C)C)c2ccccc2P(c2ccccc2)c2ccccc2)cc1. The summed E-state index contributed by atoms with van der Waals surface area (Å²) < 4.78 is 21.8.